The zero-order chi connectivity index (χ0) is 54.9. The van der Waals surface area contributed by atoms with E-state index >= 15 is 0 Å². The molecule has 2 saturated heterocycles. The molecule has 81 heavy (non-hydrogen) atoms. The summed E-state index contributed by atoms with van der Waals surface area (Å²) < 4.78 is 45.9. The molecule has 0 unspecified atom stereocenters. The monoisotopic (exact) mass is 1340 g/mol. The van der Waals surface area contributed by atoms with Gasteiger partial charge in [-0.15, -0.1) is 0 Å². The molecule has 0 bridgehead atoms. The maximum absolute atomic E-state index is 14.7. The third-order valence-corrected chi connectivity index (χ3v) is 13.1. The first-order valence-corrected chi connectivity index (χ1v) is 25.2. The molecule has 0 radical (unpaired) electrons. The van der Waals surface area contributed by atoms with Gasteiger partial charge in [-0.1, -0.05) is 30.3 Å². The Kier molecular flexibility index (Phi) is 25.5. The number of carbonyl (C=O) groups is 1. The van der Waals surface area contributed by atoms with Crippen LogP contribution in [0.3, 0.4) is 0 Å². The van der Waals surface area contributed by atoms with Crippen molar-refractivity contribution in [1.29, 1.82) is 0 Å². The number of morpholine rings is 2. The number of pyridine rings is 6. The fourth-order valence-electron chi connectivity index (χ4n) is 9.34. The van der Waals surface area contributed by atoms with Crippen LogP contribution in [-0.2, 0) is 19.2 Å². The first-order chi connectivity index (χ1) is 38.8. The minimum atomic E-state index is -0.426. The molecule has 22 heteroatoms. The van der Waals surface area contributed by atoms with Gasteiger partial charge in [-0.25, -0.2) is 28.7 Å². The van der Waals surface area contributed by atoms with Crippen molar-refractivity contribution in [2.24, 2.45) is 0 Å². The van der Waals surface area contributed by atoms with Gasteiger partial charge in [0.1, 0.15) is 24.0 Å². The number of aromatic nitrogens is 6. The molecule has 18 nitrogen and oxygen atoms in total. The van der Waals surface area contributed by atoms with Crippen LogP contribution in [0.5, 0.6) is 5.75 Å². The van der Waals surface area contributed by atoms with Crippen molar-refractivity contribution in [3.8, 4) is 50.5 Å². The molecule has 1 N–H and O–H groups in total. The van der Waals surface area contributed by atoms with Crippen LogP contribution < -0.4 is 148 Å². The molecular weight excluding hydrogens is 1280 g/mol. The number of halogens is 2. The molecule has 2 aliphatic heterocycles. The number of β-amino-alcohol motifs (C(OH)–C–C–N with tert-alkyl or cyclic N) is 1. The van der Waals surface area contributed by atoms with E-state index in [-0.39, 0.29) is 170 Å². The first kappa shape index (κ1) is 63.8. The number of nitro groups is 1. The van der Waals surface area contributed by atoms with Crippen molar-refractivity contribution in [2.45, 2.75) is 0 Å². The van der Waals surface area contributed by atoms with Gasteiger partial charge in [0.15, 0.2) is 11.3 Å². The molecule has 6 aromatic heterocycles. The SMILES string of the molecule is Fc1ccccc1-c1cc(-c2ccc(OCCN3CCOCC3)c3cnccc23)c2cccnc2n1.O=CO[O-].O=[N+]([O-])c1ccc(-c2cc(-c3ccccc3F)nc3ncccc23)c2ccncc12.OCCN1CCOCC1.[Cs+].[Cs+].[H-]. The van der Waals surface area contributed by atoms with E-state index in [2.05, 4.69) is 50.7 Å². The van der Waals surface area contributed by atoms with Gasteiger partial charge in [0.25, 0.3) is 12.2 Å². The predicted molar refractivity (Wildman–Crippen MR) is 293 cm³/mol. The number of carbonyl (C=O) groups excluding carboxylic acids is 1. The van der Waals surface area contributed by atoms with Crippen molar-refractivity contribution in [3.05, 3.63) is 180 Å². The van der Waals surface area contributed by atoms with E-state index in [0.717, 1.165) is 115 Å². The van der Waals surface area contributed by atoms with Crippen LogP contribution in [0.15, 0.2) is 159 Å². The summed E-state index contributed by atoms with van der Waals surface area (Å²) in [5.41, 5.74) is 6.25. The van der Waals surface area contributed by atoms with Crippen LogP contribution in [0.25, 0.3) is 88.4 Å². The van der Waals surface area contributed by atoms with Crippen molar-refractivity contribution in [3.63, 3.8) is 0 Å². The van der Waals surface area contributed by atoms with Crippen LogP contribution in [0.4, 0.5) is 14.5 Å². The molecule has 0 atom stereocenters. The number of aliphatic hydroxyl groups is 1. The van der Waals surface area contributed by atoms with Gasteiger partial charge >= 0.3 is 138 Å². The summed E-state index contributed by atoms with van der Waals surface area (Å²) in [5, 5.41) is 33.1. The quantitative estimate of drug-likeness (QED) is 0.0804. The summed E-state index contributed by atoms with van der Waals surface area (Å²) in [6.07, 6.45) is 10.0. The number of ether oxygens (including phenoxy) is 3. The summed E-state index contributed by atoms with van der Waals surface area (Å²) in [4.78, 5) is 53.3. The summed E-state index contributed by atoms with van der Waals surface area (Å²) in [6, 6.07) is 35.3. The fourth-order valence-corrected chi connectivity index (χ4v) is 9.34. The normalized spacial score (nSPS) is 13.2. The molecule has 12 rings (SSSR count). The smallest absolute Gasteiger partial charge is 1.00 e. The van der Waals surface area contributed by atoms with Crippen LogP contribution >= 0.6 is 0 Å². The van der Waals surface area contributed by atoms with Gasteiger partial charge < -0.3 is 30.9 Å². The van der Waals surface area contributed by atoms with Crippen LogP contribution in [0.1, 0.15) is 1.43 Å². The van der Waals surface area contributed by atoms with Gasteiger partial charge in [0, 0.05) is 110 Å². The zero-order valence-electron chi connectivity index (χ0n) is 45.6. The Morgan fingerprint density at radius 3 is 1.57 bits per heavy atom. The Hall–Kier alpha value is -4.79. The molecular formula is C59H53Cs2F2N9O9. The van der Waals surface area contributed by atoms with Crippen molar-refractivity contribution in [1.82, 2.24) is 39.7 Å². The number of hydrogen-bond acceptors (Lipinski definition) is 17. The van der Waals surface area contributed by atoms with E-state index in [1.54, 1.807) is 79.4 Å². The molecule has 0 aliphatic carbocycles. The number of benzene rings is 4. The Bertz CT molecular complexity index is 3740. The van der Waals surface area contributed by atoms with E-state index in [9.17, 15) is 18.9 Å². The second-order valence-electron chi connectivity index (χ2n) is 17.8. The standard InChI is InChI=1S/C29H25FN4O2.C23H13FN4O2.C6H13NO2.CH2O3.2Cs.H/c30-26-6-2-1-4-23(26)27-18-24(22-5-3-10-32-29(22)33-27)20-7-8-28(25-19-31-11-9-21(20)25)36-17-14-34-12-15-35-16-13-34;24-20-6-2-1-4-17(20)21-12-18(16-5-3-10-26-23(16)27-21)14-7-8-22(28(29)30)19-13-25-11-9-15(14)19;8-4-1-7-2-5-9-6-3-7;2-1-4-3;;;/h1-11,18-19H,12-17H2;1-13H;8H,1-6H2;1,3H;;;/q;;;;2*+1;-1/p-1. The molecule has 8 heterocycles. The fraction of sp³-hybridized carbons (Fsp3) is 0.203. The van der Waals surface area contributed by atoms with E-state index in [0.29, 0.717) is 51.2 Å². The summed E-state index contributed by atoms with van der Waals surface area (Å²) in [6.45, 7) is 9.29. The van der Waals surface area contributed by atoms with Crippen LogP contribution in [0, 0.1) is 21.7 Å². The number of hydrogen-bond donors (Lipinski definition) is 1. The van der Waals surface area contributed by atoms with Gasteiger partial charge in [0.05, 0.1) is 54.7 Å². The molecule has 0 saturated carbocycles. The second kappa shape index (κ2) is 32.3. The van der Waals surface area contributed by atoms with Crippen LogP contribution in [-0.4, -0.2) is 135 Å². The van der Waals surface area contributed by atoms with E-state index in [1.165, 1.54) is 24.4 Å². The number of non-ortho nitro benzene ring substituents is 1. The topological polar surface area (TPSA) is 224 Å². The number of rotatable bonds is 12. The Morgan fingerprint density at radius 1 is 0.593 bits per heavy atom. The first-order valence-electron chi connectivity index (χ1n) is 25.2. The Morgan fingerprint density at radius 2 is 1.07 bits per heavy atom. The predicted octanol–water partition coefficient (Wildman–Crippen LogP) is 2.79. The number of fused-ring (bicyclic) bond motifs is 4. The summed E-state index contributed by atoms with van der Waals surface area (Å²) >= 11 is 0. The maximum Gasteiger partial charge on any atom is 1.00 e. The van der Waals surface area contributed by atoms with Crippen molar-refractivity contribution >= 4 is 55.8 Å². The van der Waals surface area contributed by atoms with Crippen molar-refractivity contribution < 1.29 is 187 Å². The Labute approximate surface area is 583 Å². The van der Waals surface area contributed by atoms with Crippen molar-refractivity contribution in [2.75, 3.05) is 78.9 Å². The van der Waals surface area contributed by atoms with Gasteiger partial charge in [-0.3, -0.25) is 34.7 Å². The maximum atomic E-state index is 14.7. The molecule has 0 spiro atoms. The molecule has 2 aliphatic rings. The van der Waals surface area contributed by atoms with Gasteiger partial charge in [-0.05, 0) is 118 Å². The minimum absolute atomic E-state index is 0. The molecule has 2 fully saturated rings. The van der Waals surface area contributed by atoms with Gasteiger partial charge in [0.2, 0.25) is 0 Å². The van der Waals surface area contributed by atoms with E-state index < -0.39 is 4.92 Å². The molecule has 0 amide bonds. The largest absolute Gasteiger partial charge is 1.00 e. The van der Waals surface area contributed by atoms with Crippen LogP contribution in [0.2, 0.25) is 0 Å². The molecule has 404 valence electrons. The summed E-state index contributed by atoms with van der Waals surface area (Å²) in [7, 11) is 0. The van der Waals surface area contributed by atoms with E-state index in [4.69, 9.17) is 29.4 Å². The zero-order valence-corrected chi connectivity index (χ0v) is 57.1. The minimum Gasteiger partial charge on any atom is -1.00 e. The molecule has 10 aromatic rings. The number of aliphatic hydroxyl groups excluding tert-OH is 1. The summed E-state index contributed by atoms with van der Waals surface area (Å²) in [5.74, 6) is 0.0919. The Balaban J connectivity index is 0.000000212. The average molecular weight is 1340 g/mol. The third-order valence-electron chi connectivity index (χ3n) is 13.1. The van der Waals surface area contributed by atoms with E-state index in [1.807, 2.05) is 48.7 Å². The second-order valence-corrected chi connectivity index (χ2v) is 17.8. The third kappa shape index (κ3) is 16.3. The number of nitrogens with zero attached hydrogens (tertiary/aromatic N) is 9. The average Bonchev–Trinajstić information content (AvgIpc) is 3.65. The van der Waals surface area contributed by atoms with Gasteiger partial charge in [-0.2, -0.15) is 0 Å². The number of nitro benzene ring substituents is 1. The molecule has 4 aromatic carbocycles.